The van der Waals surface area contributed by atoms with E-state index in [4.69, 9.17) is 26.0 Å². The van der Waals surface area contributed by atoms with Crippen LogP contribution in [0.1, 0.15) is 37.2 Å². The molecule has 0 aliphatic heterocycles. The molecule has 190 valence electrons. The molecule has 5 nitrogen and oxygen atoms in total. The molecule has 5 aromatic carbocycles. The number of benzene rings is 5. The molecular formula is C35H25N5. The van der Waals surface area contributed by atoms with E-state index in [1.54, 1.807) is 0 Å². The first-order chi connectivity index (χ1) is 27.6. The van der Waals surface area contributed by atoms with Gasteiger partial charge in [-0.05, 0) is 50.1 Å². The van der Waals surface area contributed by atoms with Crippen LogP contribution in [0.25, 0.3) is 66.9 Å². The molecule has 0 atom stereocenters. The minimum Gasteiger partial charge on any atom is -0.278 e. The van der Waals surface area contributed by atoms with Gasteiger partial charge in [-0.1, -0.05) is 89.7 Å². The summed E-state index contributed by atoms with van der Waals surface area (Å²) in [5, 5.41) is -1.13. The Morgan fingerprint density at radius 3 is 1.57 bits per heavy atom. The maximum Gasteiger partial charge on any atom is 0.240 e. The lowest BCUT2D eigenvalue weighted by Gasteiger charge is -2.12. The Balaban J connectivity index is 1.70. The van der Waals surface area contributed by atoms with Crippen molar-refractivity contribution in [3.63, 3.8) is 0 Å². The molecule has 8 aromatic rings. The first-order valence-electron chi connectivity index (χ1n) is 21.4. The van der Waals surface area contributed by atoms with Crippen molar-refractivity contribution >= 4 is 43.6 Å². The monoisotopic (exact) mass is 534 g/mol. The molecule has 40 heavy (non-hydrogen) atoms. The second-order valence-corrected chi connectivity index (χ2v) is 8.82. The van der Waals surface area contributed by atoms with Gasteiger partial charge in [0.05, 0.1) is 48.1 Å². The second kappa shape index (κ2) is 8.61. The number of hydrogen-bond acceptors (Lipinski definition) is 3. The van der Waals surface area contributed by atoms with E-state index >= 15 is 0 Å². The molecule has 0 amide bonds. The summed E-state index contributed by atoms with van der Waals surface area (Å²) < 4.78 is 168. The summed E-state index contributed by atoms with van der Waals surface area (Å²) in [4.78, 5) is 13.6. The van der Waals surface area contributed by atoms with Gasteiger partial charge in [0, 0.05) is 27.1 Å². The normalized spacial score (nSPS) is 18.4. The van der Waals surface area contributed by atoms with E-state index in [0.29, 0.717) is 0 Å². The molecule has 0 N–H and O–H groups in total. The average Bonchev–Trinajstić information content (AvgIpc) is 3.77. The molecule has 3 heterocycles. The van der Waals surface area contributed by atoms with E-state index < -0.39 is 143 Å². The van der Waals surface area contributed by atoms with Gasteiger partial charge >= 0.3 is 0 Å². The van der Waals surface area contributed by atoms with Crippen LogP contribution in [0.4, 0.5) is 0 Å². The summed E-state index contributed by atoms with van der Waals surface area (Å²) in [7, 11) is 0. The highest BCUT2D eigenvalue weighted by molar-refractivity contribution is 6.10. The van der Waals surface area contributed by atoms with Gasteiger partial charge in [-0.25, -0.2) is 0 Å². The molecule has 8 rings (SSSR count). The molecule has 3 aromatic heterocycles. The summed E-state index contributed by atoms with van der Waals surface area (Å²) in [6.45, 7) is 2.74. The van der Waals surface area contributed by atoms with Gasteiger partial charge in [0.25, 0.3) is 0 Å². The van der Waals surface area contributed by atoms with E-state index in [2.05, 4.69) is 15.0 Å². The van der Waals surface area contributed by atoms with Gasteiger partial charge in [-0.3, -0.25) is 9.13 Å². The Hall–Kier alpha value is -5.29. The van der Waals surface area contributed by atoms with Crippen LogP contribution in [-0.4, -0.2) is 24.1 Å². The number of rotatable bonds is 3. The second-order valence-electron chi connectivity index (χ2n) is 8.82. The van der Waals surface area contributed by atoms with E-state index in [9.17, 15) is 0 Å². The molecular weight excluding hydrogens is 490 g/mol. The maximum absolute atomic E-state index is 9.10. The van der Waals surface area contributed by atoms with Crippen molar-refractivity contribution < 1.29 is 26.0 Å². The number of nitrogens with zero attached hydrogens (tertiary/aromatic N) is 5. The zero-order valence-corrected chi connectivity index (χ0v) is 20.7. The molecule has 0 saturated carbocycles. The topological polar surface area (TPSA) is 48.5 Å². The fraction of sp³-hybridized carbons (Fsp3) is 0.0571. The van der Waals surface area contributed by atoms with Gasteiger partial charge in [-0.2, -0.15) is 15.0 Å². The molecule has 0 spiro atoms. The fourth-order valence-corrected chi connectivity index (χ4v) is 4.64. The van der Waals surface area contributed by atoms with Crippen molar-refractivity contribution in [2.75, 3.05) is 0 Å². The third-order valence-electron chi connectivity index (χ3n) is 6.30. The SMILES string of the molecule is [2H]c1c([2H])c(C)c([2H])c(-c2nc(-n3c4c([2H])c([2H])c([2H])c([2H])c4c4c([2H])c([2H])c([2H])c([2H])c43)nc(-n3c4c([2H])c([2H])c([2H])c([2H])c4c4c([2H])c(C)c([2H])c([2H])c43)n2)c1[2H]. The Kier molecular flexibility index (Phi) is 2.30. The summed E-state index contributed by atoms with van der Waals surface area (Å²) in [5.74, 6) is -1.90. The molecule has 0 saturated heterocycles. The Morgan fingerprint density at radius 1 is 0.475 bits per heavy atom. The number of aromatic nitrogens is 5. The van der Waals surface area contributed by atoms with Crippen LogP contribution >= 0.6 is 0 Å². The van der Waals surface area contributed by atoms with Gasteiger partial charge in [0.2, 0.25) is 11.9 Å². The number of fused-ring (bicyclic) bond motifs is 6. The molecule has 5 heteroatoms. The van der Waals surface area contributed by atoms with Crippen LogP contribution in [0.15, 0.2) is 115 Å². The lowest BCUT2D eigenvalue weighted by molar-refractivity contribution is 0.892. The highest BCUT2D eigenvalue weighted by Gasteiger charge is 2.20. The predicted octanol–water partition coefficient (Wildman–Crippen LogP) is 8.35. The summed E-state index contributed by atoms with van der Waals surface area (Å²) >= 11 is 0. The van der Waals surface area contributed by atoms with Crippen LogP contribution in [0, 0.1) is 13.8 Å². The van der Waals surface area contributed by atoms with Crippen LogP contribution in [0.3, 0.4) is 0 Å². The van der Waals surface area contributed by atoms with E-state index in [1.807, 2.05) is 0 Å². The van der Waals surface area contributed by atoms with Crippen LogP contribution in [0.5, 0.6) is 0 Å². The zero-order chi connectivity index (χ0) is 43.3. The minimum atomic E-state index is -0.766. The highest BCUT2D eigenvalue weighted by Crippen LogP contribution is 2.34. The predicted molar refractivity (Wildman–Crippen MR) is 163 cm³/mol. The van der Waals surface area contributed by atoms with Crippen molar-refractivity contribution in [1.29, 1.82) is 0 Å². The summed E-state index contributed by atoms with van der Waals surface area (Å²) in [5.41, 5.74) is -2.09. The fourth-order valence-electron chi connectivity index (χ4n) is 4.64. The first-order valence-corrected chi connectivity index (χ1v) is 11.9. The minimum absolute atomic E-state index is 0.00571. The van der Waals surface area contributed by atoms with Crippen LogP contribution < -0.4 is 0 Å². The smallest absolute Gasteiger partial charge is 0.240 e. The van der Waals surface area contributed by atoms with Gasteiger partial charge in [-0.15, -0.1) is 0 Å². The number of para-hydroxylation sites is 3. The van der Waals surface area contributed by atoms with Crippen LogP contribution in [0.2, 0.25) is 0 Å². The van der Waals surface area contributed by atoms with Crippen molar-refractivity contribution in [2.24, 2.45) is 0 Å². The van der Waals surface area contributed by atoms with Crippen molar-refractivity contribution in [1.82, 2.24) is 24.1 Å². The summed E-state index contributed by atoms with van der Waals surface area (Å²) in [6, 6.07) is -12.2. The Bertz CT molecular complexity index is 2940. The molecule has 0 fully saturated rings. The summed E-state index contributed by atoms with van der Waals surface area (Å²) in [6.07, 6.45) is 0. The van der Waals surface area contributed by atoms with Crippen molar-refractivity contribution in [2.45, 2.75) is 13.8 Å². The van der Waals surface area contributed by atoms with Gasteiger partial charge in [0.1, 0.15) is 0 Å². The maximum atomic E-state index is 9.10. The molecule has 0 aliphatic carbocycles. The first kappa shape index (κ1) is 10.7. The Morgan fingerprint density at radius 2 is 0.975 bits per heavy atom. The van der Waals surface area contributed by atoms with E-state index in [1.165, 1.54) is 13.8 Å². The van der Waals surface area contributed by atoms with Crippen molar-refractivity contribution in [3.05, 3.63) is 126 Å². The molecule has 0 aliphatic rings. The van der Waals surface area contributed by atoms with E-state index in [-0.39, 0.29) is 49.7 Å². The molecule has 0 radical (unpaired) electrons. The quantitative estimate of drug-likeness (QED) is 0.229. The third-order valence-corrected chi connectivity index (χ3v) is 6.30. The lowest BCUT2D eigenvalue weighted by atomic mass is 10.1. The Labute approximate surface area is 257 Å². The van der Waals surface area contributed by atoms with Crippen molar-refractivity contribution in [3.8, 4) is 23.3 Å². The molecule has 0 bridgehead atoms. The standard InChI is InChI=1S/C35H25N5/c1-22-10-9-11-24(20-22)33-36-34(39-29-15-6-3-12-25(29)26-13-4-7-16-30(26)39)38-35(37-33)40-31-17-8-5-14-27(31)28-21-23(2)18-19-32(28)40/h3-21H,1-2H3/i3D,4D,5D,6D,7D,8D,9D,10D,11D,12D,13D,14D,15D,16D,17D,18D,19D,20D,21D. The van der Waals surface area contributed by atoms with Gasteiger partial charge in [0.15, 0.2) is 5.82 Å². The van der Waals surface area contributed by atoms with Gasteiger partial charge < -0.3 is 0 Å². The highest BCUT2D eigenvalue weighted by atomic mass is 15.3. The lowest BCUT2D eigenvalue weighted by Crippen LogP contribution is -2.10. The molecule has 0 unspecified atom stereocenters. The number of hydrogen-bond donors (Lipinski definition) is 0. The van der Waals surface area contributed by atoms with E-state index in [0.717, 1.165) is 9.13 Å². The van der Waals surface area contributed by atoms with Crippen LogP contribution in [-0.2, 0) is 0 Å². The largest absolute Gasteiger partial charge is 0.278 e. The third kappa shape index (κ3) is 3.38. The zero-order valence-electron chi connectivity index (χ0n) is 39.7. The average molecular weight is 535 g/mol.